The van der Waals surface area contributed by atoms with E-state index >= 15 is 0 Å². The second-order valence-electron chi connectivity index (χ2n) is 5.23. The lowest BCUT2D eigenvalue weighted by molar-refractivity contribution is -0.307. The molecule has 0 N–H and O–H groups in total. The van der Waals surface area contributed by atoms with Gasteiger partial charge >= 0.3 is 0 Å². The smallest absolute Gasteiger partial charge is 0.185 e. The van der Waals surface area contributed by atoms with Gasteiger partial charge in [-0.05, 0) is 48.9 Å². The first-order valence-electron chi connectivity index (χ1n) is 7.99. The summed E-state index contributed by atoms with van der Waals surface area (Å²) in [5.74, 6) is -0.294. The second-order valence-corrected chi connectivity index (χ2v) is 5.23. The van der Waals surface area contributed by atoms with E-state index in [-0.39, 0.29) is 17.3 Å². The fraction of sp³-hybridized carbons (Fsp3) is 0.200. The van der Waals surface area contributed by atoms with Crippen molar-refractivity contribution in [1.82, 2.24) is 0 Å². The molecular weight excluding hydrogens is 336 g/mol. The van der Waals surface area contributed by atoms with E-state index in [9.17, 15) is 14.7 Å². The van der Waals surface area contributed by atoms with Crippen molar-refractivity contribution < 1.29 is 28.9 Å². The number of methoxy groups -OCH3 is 1. The van der Waals surface area contributed by atoms with Crippen molar-refractivity contribution in [2.75, 3.05) is 20.3 Å². The highest BCUT2D eigenvalue weighted by molar-refractivity contribution is 6.07. The molecule has 2 rings (SSSR count). The first-order chi connectivity index (χ1) is 12.5. The average Bonchev–Trinajstić information content (AvgIpc) is 2.65. The van der Waals surface area contributed by atoms with Crippen LogP contribution in [0.1, 0.15) is 22.8 Å². The second kappa shape index (κ2) is 9.27. The van der Waals surface area contributed by atoms with Crippen LogP contribution in [0.5, 0.6) is 17.2 Å². The first-order valence-corrected chi connectivity index (χ1v) is 7.99. The van der Waals surface area contributed by atoms with E-state index in [1.54, 1.807) is 6.08 Å². The predicted molar refractivity (Wildman–Crippen MR) is 94.5 cm³/mol. The maximum Gasteiger partial charge on any atom is 0.185 e. The third kappa shape index (κ3) is 5.37. The van der Waals surface area contributed by atoms with Gasteiger partial charge in [0.1, 0.15) is 12.4 Å². The summed E-state index contributed by atoms with van der Waals surface area (Å²) in [4.78, 5) is 22.8. The van der Waals surface area contributed by atoms with E-state index in [2.05, 4.69) is 0 Å². The fourth-order valence-electron chi connectivity index (χ4n) is 2.19. The third-order valence-corrected chi connectivity index (χ3v) is 3.41. The summed E-state index contributed by atoms with van der Waals surface area (Å²) < 4.78 is 15.6. The normalized spacial score (nSPS) is 10.5. The van der Waals surface area contributed by atoms with E-state index in [0.29, 0.717) is 12.2 Å². The molecule has 0 amide bonds. The highest BCUT2D eigenvalue weighted by atomic mass is 16.5. The van der Waals surface area contributed by atoms with Crippen LogP contribution >= 0.6 is 0 Å². The van der Waals surface area contributed by atoms with Crippen molar-refractivity contribution >= 4 is 17.8 Å². The van der Waals surface area contributed by atoms with Crippen molar-refractivity contribution in [3.63, 3.8) is 0 Å². The average molecular weight is 355 g/mol. The fourth-order valence-corrected chi connectivity index (χ4v) is 2.19. The number of hydrogen-bond donors (Lipinski definition) is 0. The Morgan fingerprint density at radius 1 is 1.04 bits per heavy atom. The van der Waals surface area contributed by atoms with Crippen molar-refractivity contribution in [2.45, 2.75) is 6.92 Å². The van der Waals surface area contributed by atoms with Gasteiger partial charge in [-0.3, -0.25) is 4.79 Å². The van der Waals surface area contributed by atoms with Crippen molar-refractivity contribution in [3.05, 3.63) is 59.7 Å². The van der Waals surface area contributed by atoms with Crippen molar-refractivity contribution in [2.24, 2.45) is 0 Å². The zero-order chi connectivity index (χ0) is 18.9. The summed E-state index contributed by atoms with van der Waals surface area (Å²) >= 11 is 0. The molecule has 6 nitrogen and oxygen atoms in total. The molecular formula is C20H19O6-. The lowest BCUT2D eigenvalue weighted by Crippen LogP contribution is -2.29. The molecule has 0 saturated heterocycles. The molecule has 0 aliphatic rings. The van der Waals surface area contributed by atoms with Gasteiger partial charge in [-0.2, -0.15) is 0 Å². The minimum absolute atomic E-state index is 0.219. The minimum Gasteiger partial charge on any atom is -0.546 e. The van der Waals surface area contributed by atoms with E-state index in [0.717, 1.165) is 11.3 Å². The Morgan fingerprint density at radius 3 is 2.38 bits per heavy atom. The quantitative estimate of drug-likeness (QED) is 0.506. The van der Waals surface area contributed by atoms with Gasteiger partial charge in [0.15, 0.2) is 17.3 Å². The zero-order valence-electron chi connectivity index (χ0n) is 14.6. The van der Waals surface area contributed by atoms with Crippen LogP contribution in [0, 0.1) is 0 Å². The SMILES string of the molecule is CCOc1ccc(/C=C/C(=O)c2ccc(OCC(=O)[O-])c(OC)c2)cc1. The first kappa shape index (κ1) is 19.1. The molecule has 0 heterocycles. The molecule has 0 aromatic heterocycles. The Hall–Kier alpha value is -3.28. The number of rotatable bonds is 9. The standard InChI is InChI=1S/C20H20O6/c1-3-25-16-8-4-14(5-9-16)6-10-17(21)15-7-11-18(19(12-15)24-2)26-13-20(22)23/h4-12H,3,13H2,1-2H3,(H,22,23)/p-1/b10-6+. The molecule has 0 unspecified atom stereocenters. The molecule has 0 radical (unpaired) electrons. The van der Waals surface area contributed by atoms with E-state index in [1.807, 2.05) is 31.2 Å². The number of aliphatic carboxylic acids is 1. The van der Waals surface area contributed by atoms with Crippen molar-refractivity contribution in [1.29, 1.82) is 0 Å². The topological polar surface area (TPSA) is 84.9 Å². The van der Waals surface area contributed by atoms with Crippen LogP contribution in [0.25, 0.3) is 6.08 Å². The zero-order valence-corrected chi connectivity index (χ0v) is 14.6. The summed E-state index contributed by atoms with van der Waals surface area (Å²) in [7, 11) is 1.41. The molecule has 0 bridgehead atoms. The number of carbonyl (C=O) groups is 2. The molecule has 0 aliphatic carbocycles. The number of carboxylic acid groups (broad SMARTS) is 1. The molecule has 136 valence electrons. The number of benzene rings is 2. The van der Waals surface area contributed by atoms with Crippen LogP contribution in [0.15, 0.2) is 48.5 Å². The van der Waals surface area contributed by atoms with Gasteiger partial charge in [-0.25, -0.2) is 0 Å². The number of carbonyl (C=O) groups excluding carboxylic acids is 2. The summed E-state index contributed by atoms with van der Waals surface area (Å²) in [6.07, 6.45) is 3.15. The Labute approximate surface area is 151 Å². The molecule has 26 heavy (non-hydrogen) atoms. The molecule has 0 atom stereocenters. The molecule has 6 heteroatoms. The van der Waals surface area contributed by atoms with Crippen LogP contribution in [-0.2, 0) is 4.79 Å². The molecule has 0 saturated carbocycles. The van der Waals surface area contributed by atoms with E-state index < -0.39 is 12.6 Å². The molecule has 0 fully saturated rings. The van der Waals surface area contributed by atoms with E-state index in [1.165, 1.54) is 31.4 Å². The molecule has 2 aromatic rings. The maximum absolute atomic E-state index is 12.3. The Bertz CT molecular complexity index is 792. The lowest BCUT2D eigenvalue weighted by Gasteiger charge is -2.11. The van der Waals surface area contributed by atoms with Gasteiger partial charge in [-0.1, -0.05) is 18.2 Å². The highest BCUT2D eigenvalue weighted by Crippen LogP contribution is 2.28. The number of allylic oxidation sites excluding steroid dienone is 1. The predicted octanol–water partition coefficient (Wildman–Crippen LogP) is 2.12. The van der Waals surface area contributed by atoms with Crippen molar-refractivity contribution in [3.8, 4) is 17.2 Å². The monoisotopic (exact) mass is 355 g/mol. The largest absolute Gasteiger partial charge is 0.546 e. The van der Waals surface area contributed by atoms with E-state index in [4.69, 9.17) is 14.2 Å². The summed E-state index contributed by atoms with van der Waals surface area (Å²) in [5.41, 5.74) is 1.26. The summed E-state index contributed by atoms with van der Waals surface area (Å²) in [6.45, 7) is 1.91. The van der Waals surface area contributed by atoms with Gasteiger partial charge in [0.05, 0.1) is 19.7 Å². The number of ketones is 1. The Balaban J connectivity index is 2.09. The maximum atomic E-state index is 12.3. The van der Waals surface area contributed by atoms with Crippen LogP contribution in [0.2, 0.25) is 0 Å². The number of ether oxygens (including phenoxy) is 3. The lowest BCUT2D eigenvalue weighted by atomic mass is 10.1. The Kier molecular flexibility index (Phi) is 6.79. The van der Waals surface area contributed by atoms with Crippen LogP contribution < -0.4 is 19.3 Å². The minimum atomic E-state index is -1.34. The van der Waals surface area contributed by atoms with Crippen LogP contribution in [-0.4, -0.2) is 32.1 Å². The molecule has 0 aliphatic heterocycles. The van der Waals surface area contributed by atoms with Crippen LogP contribution in [0.3, 0.4) is 0 Å². The number of hydrogen-bond acceptors (Lipinski definition) is 6. The van der Waals surface area contributed by atoms with Gasteiger partial charge in [0, 0.05) is 5.56 Å². The summed E-state index contributed by atoms with van der Waals surface area (Å²) in [6, 6.07) is 11.9. The molecule has 0 spiro atoms. The van der Waals surface area contributed by atoms with Gasteiger partial charge < -0.3 is 24.1 Å². The van der Waals surface area contributed by atoms with Crippen LogP contribution in [0.4, 0.5) is 0 Å². The van der Waals surface area contributed by atoms with Gasteiger partial charge in [0.2, 0.25) is 0 Å². The van der Waals surface area contributed by atoms with Gasteiger partial charge in [0.25, 0.3) is 0 Å². The number of carboxylic acids is 1. The summed E-state index contributed by atoms with van der Waals surface area (Å²) in [5, 5.41) is 10.5. The third-order valence-electron chi connectivity index (χ3n) is 3.41. The Morgan fingerprint density at radius 2 is 1.77 bits per heavy atom. The molecule has 2 aromatic carbocycles. The highest BCUT2D eigenvalue weighted by Gasteiger charge is 2.09. The van der Waals surface area contributed by atoms with Gasteiger partial charge in [-0.15, -0.1) is 0 Å².